The van der Waals surface area contributed by atoms with Crippen LogP contribution in [0.4, 0.5) is 5.69 Å². The van der Waals surface area contributed by atoms with Crippen molar-refractivity contribution >= 4 is 23.4 Å². The summed E-state index contributed by atoms with van der Waals surface area (Å²) in [5.74, 6) is 0.134. The molecule has 2 N–H and O–H groups in total. The highest BCUT2D eigenvalue weighted by Crippen LogP contribution is 2.35. The van der Waals surface area contributed by atoms with Gasteiger partial charge in [0.15, 0.2) is 11.5 Å². The second-order valence-corrected chi connectivity index (χ2v) is 6.45. The summed E-state index contributed by atoms with van der Waals surface area (Å²) < 4.78 is 16.1. The van der Waals surface area contributed by atoms with Crippen LogP contribution in [0.15, 0.2) is 42.5 Å². The molecule has 9 nitrogen and oxygen atoms in total. The lowest BCUT2D eigenvalue weighted by Crippen LogP contribution is -2.48. The molecule has 9 heteroatoms. The van der Waals surface area contributed by atoms with Gasteiger partial charge >= 0.3 is 0 Å². The quantitative estimate of drug-likeness (QED) is 0.573. The standard InChI is InChI=1S/C20H19N3O6/c1-27-15-5-3-2-4-13(15)19(25)22-21-14-11-18(24)23(20(14)26)12-6-7-16-17(10-12)29-9-8-28-16/h2-7,10,14,21H,8-9,11H2,1H3,(H,22,25)/t14-/m0/s1. The van der Waals surface area contributed by atoms with Gasteiger partial charge in [-0.2, -0.15) is 0 Å². The Morgan fingerprint density at radius 1 is 1.10 bits per heavy atom. The number of rotatable bonds is 5. The summed E-state index contributed by atoms with van der Waals surface area (Å²) in [6.07, 6.45) is -0.0838. The Labute approximate surface area is 166 Å². The first-order valence-corrected chi connectivity index (χ1v) is 9.04. The van der Waals surface area contributed by atoms with Gasteiger partial charge < -0.3 is 14.2 Å². The number of para-hydroxylation sites is 1. The predicted molar refractivity (Wildman–Crippen MR) is 102 cm³/mol. The van der Waals surface area contributed by atoms with E-state index in [9.17, 15) is 14.4 Å². The molecule has 0 radical (unpaired) electrons. The number of hydrogen-bond donors (Lipinski definition) is 2. The number of fused-ring (bicyclic) bond motifs is 1. The van der Waals surface area contributed by atoms with E-state index in [-0.39, 0.29) is 12.3 Å². The van der Waals surface area contributed by atoms with Crippen LogP contribution in [0.5, 0.6) is 17.2 Å². The topological polar surface area (TPSA) is 106 Å². The normalized spacial score (nSPS) is 18.0. The maximum absolute atomic E-state index is 12.8. The van der Waals surface area contributed by atoms with Crippen molar-refractivity contribution in [3.63, 3.8) is 0 Å². The number of hydrazine groups is 1. The Kier molecular flexibility index (Phi) is 5.05. The number of methoxy groups -OCH3 is 1. The van der Waals surface area contributed by atoms with Crippen molar-refractivity contribution in [3.8, 4) is 17.2 Å². The SMILES string of the molecule is COc1ccccc1C(=O)NN[C@H]1CC(=O)N(c2ccc3c(c2)OCCO3)C1=O. The Bertz CT molecular complexity index is 976. The van der Waals surface area contributed by atoms with E-state index in [2.05, 4.69) is 10.9 Å². The van der Waals surface area contributed by atoms with E-state index in [1.807, 2.05) is 0 Å². The number of ether oxygens (including phenoxy) is 3. The van der Waals surface area contributed by atoms with Crippen molar-refractivity contribution in [2.45, 2.75) is 12.5 Å². The van der Waals surface area contributed by atoms with E-state index in [4.69, 9.17) is 14.2 Å². The number of nitrogens with one attached hydrogen (secondary N) is 2. The monoisotopic (exact) mass is 397 g/mol. The molecule has 150 valence electrons. The molecule has 0 aromatic heterocycles. The molecule has 29 heavy (non-hydrogen) atoms. The Morgan fingerprint density at radius 3 is 2.66 bits per heavy atom. The first-order chi connectivity index (χ1) is 14.1. The molecule has 4 rings (SSSR count). The second-order valence-electron chi connectivity index (χ2n) is 6.45. The molecule has 0 aliphatic carbocycles. The van der Waals surface area contributed by atoms with Gasteiger partial charge in [0.25, 0.3) is 11.8 Å². The van der Waals surface area contributed by atoms with Gasteiger partial charge in [-0.3, -0.25) is 19.8 Å². The second kappa shape index (κ2) is 7.80. The average Bonchev–Trinajstić information content (AvgIpc) is 3.04. The van der Waals surface area contributed by atoms with Crippen molar-refractivity contribution in [3.05, 3.63) is 48.0 Å². The van der Waals surface area contributed by atoms with E-state index in [1.165, 1.54) is 7.11 Å². The number of anilines is 1. The van der Waals surface area contributed by atoms with Crippen LogP contribution in [0.3, 0.4) is 0 Å². The van der Waals surface area contributed by atoms with Crippen molar-refractivity contribution in [1.29, 1.82) is 0 Å². The lowest BCUT2D eigenvalue weighted by molar-refractivity contribution is -0.121. The van der Waals surface area contributed by atoms with Crippen LogP contribution in [0.2, 0.25) is 0 Å². The molecule has 2 aliphatic rings. The molecule has 1 atom stereocenters. The van der Waals surface area contributed by atoms with Gasteiger partial charge in [-0.25, -0.2) is 10.3 Å². The van der Waals surface area contributed by atoms with E-state index in [0.717, 1.165) is 4.90 Å². The summed E-state index contributed by atoms with van der Waals surface area (Å²) in [4.78, 5) is 38.7. The van der Waals surface area contributed by atoms with Crippen LogP contribution >= 0.6 is 0 Å². The lowest BCUT2D eigenvalue weighted by atomic mass is 10.2. The van der Waals surface area contributed by atoms with Crippen molar-refractivity contribution in [1.82, 2.24) is 10.9 Å². The maximum atomic E-state index is 12.8. The molecule has 0 saturated carbocycles. The molecular formula is C20H19N3O6. The molecule has 2 aromatic carbocycles. The van der Waals surface area contributed by atoms with E-state index in [0.29, 0.717) is 41.7 Å². The fraction of sp³-hybridized carbons (Fsp3) is 0.250. The first kappa shape index (κ1) is 18.8. The fourth-order valence-corrected chi connectivity index (χ4v) is 3.24. The number of imide groups is 1. The van der Waals surface area contributed by atoms with E-state index in [1.54, 1.807) is 42.5 Å². The number of hydrogen-bond acceptors (Lipinski definition) is 7. The van der Waals surface area contributed by atoms with E-state index >= 15 is 0 Å². The molecule has 1 saturated heterocycles. The Hall–Kier alpha value is -3.59. The minimum atomic E-state index is -0.880. The summed E-state index contributed by atoms with van der Waals surface area (Å²) in [6.45, 7) is 0.851. The number of carbonyl (C=O) groups excluding carboxylic acids is 3. The average molecular weight is 397 g/mol. The zero-order chi connectivity index (χ0) is 20.4. The van der Waals surface area contributed by atoms with Gasteiger partial charge in [0.1, 0.15) is 25.0 Å². The lowest BCUT2D eigenvalue weighted by Gasteiger charge is -2.21. The zero-order valence-electron chi connectivity index (χ0n) is 15.6. The van der Waals surface area contributed by atoms with E-state index < -0.39 is 17.9 Å². The Balaban J connectivity index is 1.45. The summed E-state index contributed by atoms with van der Waals surface area (Å²) in [6, 6.07) is 10.7. The zero-order valence-corrected chi connectivity index (χ0v) is 15.6. The smallest absolute Gasteiger partial charge is 0.269 e. The van der Waals surface area contributed by atoms with Crippen molar-refractivity contribution in [2.24, 2.45) is 0 Å². The van der Waals surface area contributed by atoms with Crippen LogP contribution in [-0.2, 0) is 9.59 Å². The third-order valence-corrected chi connectivity index (χ3v) is 4.64. The van der Waals surface area contributed by atoms with Gasteiger partial charge in [-0.15, -0.1) is 0 Å². The number of amides is 3. The van der Waals surface area contributed by atoms with Crippen molar-refractivity contribution in [2.75, 3.05) is 25.2 Å². The number of benzene rings is 2. The molecular weight excluding hydrogens is 378 g/mol. The number of carbonyl (C=O) groups is 3. The highest BCUT2D eigenvalue weighted by Gasteiger charge is 2.40. The van der Waals surface area contributed by atoms with Gasteiger partial charge in [0.05, 0.1) is 24.8 Å². The van der Waals surface area contributed by atoms with Crippen LogP contribution in [0.25, 0.3) is 0 Å². The molecule has 3 amide bonds. The maximum Gasteiger partial charge on any atom is 0.269 e. The number of nitrogens with zero attached hydrogens (tertiary/aromatic N) is 1. The fourth-order valence-electron chi connectivity index (χ4n) is 3.24. The van der Waals surface area contributed by atoms with Gasteiger partial charge in [0, 0.05) is 6.07 Å². The molecule has 0 bridgehead atoms. The van der Waals surface area contributed by atoms with Crippen LogP contribution < -0.4 is 30.0 Å². The molecule has 2 heterocycles. The predicted octanol–water partition coefficient (Wildman–Crippen LogP) is 1.03. The summed E-state index contributed by atoms with van der Waals surface area (Å²) >= 11 is 0. The van der Waals surface area contributed by atoms with Gasteiger partial charge in [-0.1, -0.05) is 12.1 Å². The third-order valence-electron chi connectivity index (χ3n) is 4.64. The van der Waals surface area contributed by atoms with Crippen molar-refractivity contribution < 1.29 is 28.6 Å². The minimum Gasteiger partial charge on any atom is -0.496 e. The Morgan fingerprint density at radius 2 is 1.86 bits per heavy atom. The molecule has 2 aromatic rings. The van der Waals surface area contributed by atoms with Gasteiger partial charge in [0.2, 0.25) is 5.91 Å². The molecule has 1 fully saturated rings. The highest BCUT2D eigenvalue weighted by atomic mass is 16.6. The summed E-state index contributed by atoms with van der Waals surface area (Å²) in [5.41, 5.74) is 5.83. The van der Waals surface area contributed by atoms with Crippen LogP contribution in [0.1, 0.15) is 16.8 Å². The summed E-state index contributed by atoms with van der Waals surface area (Å²) in [7, 11) is 1.46. The van der Waals surface area contributed by atoms with Gasteiger partial charge in [-0.05, 0) is 24.3 Å². The van der Waals surface area contributed by atoms with Crippen LogP contribution in [-0.4, -0.2) is 44.1 Å². The first-order valence-electron chi connectivity index (χ1n) is 9.04. The van der Waals surface area contributed by atoms with Crippen LogP contribution in [0, 0.1) is 0 Å². The molecule has 2 aliphatic heterocycles. The third kappa shape index (κ3) is 3.59. The highest BCUT2D eigenvalue weighted by molar-refractivity contribution is 6.22. The molecule has 0 spiro atoms. The molecule has 0 unspecified atom stereocenters. The minimum absolute atomic E-state index is 0.0838. The largest absolute Gasteiger partial charge is 0.496 e. The summed E-state index contributed by atoms with van der Waals surface area (Å²) in [5, 5.41) is 0.